The van der Waals surface area contributed by atoms with E-state index < -0.39 is 4.92 Å². The number of ether oxygens (including phenoxy) is 2. The Kier molecular flexibility index (Phi) is 4.08. The molecular formula is C13H19N3O4. The molecule has 1 aromatic heterocycles. The third-order valence-corrected chi connectivity index (χ3v) is 3.29. The van der Waals surface area contributed by atoms with Crippen LogP contribution in [0.5, 0.6) is 5.88 Å². The van der Waals surface area contributed by atoms with E-state index in [1.54, 1.807) is 0 Å². The average molecular weight is 281 g/mol. The fourth-order valence-corrected chi connectivity index (χ4v) is 2.35. The molecule has 1 N–H and O–H groups in total. The molecule has 7 nitrogen and oxygen atoms in total. The highest BCUT2D eigenvalue weighted by Gasteiger charge is 2.30. The van der Waals surface area contributed by atoms with Gasteiger partial charge < -0.3 is 14.8 Å². The molecule has 0 aliphatic carbocycles. The standard InChI is InChI=1S/C13H19N3O4/c1-13(2)8-9(6-7-20-13)14-12-10(16(17)18)4-5-11(15-12)19-3/h4-5,9H,6-8H2,1-3H3,(H,14,15). The highest BCUT2D eigenvalue weighted by atomic mass is 16.6. The second-order valence-corrected chi connectivity index (χ2v) is 5.42. The number of hydrogen-bond donors (Lipinski definition) is 1. The first-order valence-corrected chi connectivity index (χ1v) is 6.51. The van der Waals surface area contributed by atoms with Gasteiger partial charge in [-0.05, 0) is 26.7 Å². The molecule has 110 valence electrons. The predicted octanol–water partition coefficient (Wildman–Crippen LogP) is 2.37. The van der Waals surface area contributed by atoms with Crippen molar-refractivity contribution < 1.29 is 14.4 Å². The van der Waals surface area contributed by atoms with Crippen LogP contribution in [-0.4, -0.2) is 35.3 Å². The second-order valence-electron chi connectivity index (χ2n) is 5.42. The van der Waals surface area contributed by atoms with Crippen LogP contribution in [0, 0.1) is 10.1 Å². The molecule has 0 amide bonds. The van der Waals surface area contributed by atoms with Crippen molar-refractivity contribution >= 4 is 11.5 Å². The summed E-state index contributed by atoms with van der Waals surface area (Å²) in [6, 6.07) is 2.98. The fraction of sp³-hybridized carbons (Fsp3) is 0.615. The molecule has 0 saturated carbocycles. The van der Waals surface area contributed by atoms with Crippen molar-refractivity contribution in [3.8, 4) is 5.88 Å². The quantitative estimate of drug-likeness (QED) is 0.673. The van der Waals surface area contributed by atoms with Crippen LogP contribution in [0.25, 0.3) is 0 Å². The van der Waals surface area contributed by atoms with Gasteiger partial charge in [0.1, 0.15) is 0 Å². The molecule has 0 spiro atoms. The number of pyridine rings is 1. The second kappa shape index (κ2) is 5.62. The summed E-state index contributed by atoms with van der Waals surface area (Å²) in [5, 5.41) is 14.2. The minimum Gasteiger partial charge on any atom is -0.481 e. The van der Waals surface area contributed by atoms with Crippen molar-refractivity contribution in [2.24, 2.45) is 0 Å². The summed E-state index contributed by atoms with van der Waals surface area (Å²) in [7, 11) is 1.48. The number of hydrogen-bond acceptors (Lipinski definition) is 6. The summed E-state index contributed by atoms with van der Waals surface area (Å²) in [6.07, 6.45) is 1.56. The third kappa shape index (κ3) is 3.36. The van der Waals surface area contributed by atoms with Gasteiger partial charge in [0.15, 0.2) is 0 Å². The van der Waals surface area contributed by atoms with Gasteiger partial charge in [-0.25, -0.2) is 0 Å². The number of rotatable bonds is 4. The van der Waals surface area contributed by atoms with Crippen LogP contribution in [-0.2, 0) is 4.74 Å². The lowest BCUT2D eigenvalue weighted by atomic mass is 9.94. The zero-order valence-corrected chi connectivity index (χ0v) is 11.9. The number of nitrogens with zero attached hydrogens (tertiary/aromatic N) is 2. The van der Waals surface area contributed by atoms with Crippen LogP contribution in [0.3, 0.4) is 0 Å². The number of anilines is 1. The number of methoxy groups -OCH3 is 1. The first-order valence-electron chi connectivity index (χ1n) is 6.51. The summed E-state index contributed by atoms with van der Waals surface area (Å²) >= 11 is 0. The lowest BCUT2D eigenvalue weighted by Gasteiger charge is -2.35. The summed E-state index contributed by atoms with van der Waals surface area (Å²) in [4.78, 5) is 14.7. The Morgan fingerprint density at radius 3 is 2.90 bits per heavy atom. The molecule has 1 unspecified atom stereocenters. The monoisotopic (exact) mass is 281 g/mol. The summed E-state index contributed by atoms with van der Waals surface area (Å²) in [5.41, 5.74) is -0.279. The van der Waals surface area contributed by atoms with Crippen LogP contribution in [0.2, 0.25) is 0 Å². The van der Waals surface area contributed by atoms with E-state index in [0.717, 1.165) is 12.8 Å². The maximum atomic E-state index is 11.1. The Morgan fingerprint density at radius 2 is 2.30 bits per heavy atom. The van der Waals surface area contributed by atoms with Crippen LogP contribution in [0.4, 0.5) is 11.5 Å². The first-order chi connectivity index (χ1) is 9.41. The van der Waals surface area contributed by atoms with Crippen LogP contribution in [0.15, 0.2) is 12.1 Å². The molecule has 2 heterocycles. The van der Waals surface area contributed by atoms with Gasteiger partial charge in [0.2, 0.25) is 11.7 Å². The topological polar surface area (TPSA) is 86.5 Å². The first kappa shape index (κ1) is 14.5. The largest absolute Gasteiger partial charge is 0.481 e. The highest BCUT2D eigenvalue weighted by molar-refractivity contribution is 5.57. The molecular weight excluding hydrogens is 262 g/mol. The molecule has 1 aliphatic rings. The maximum Gasteiger partial charge on any atom is 0.311 e. The van der Waals surface area contributed by atoms with Crippen molar-refractivity contribution in [1.82, 2.24) is 4.98 Å². The maximum absolute atomic E-state index is 11.1. The molecule has 1 saturated heterocycles. The Hall–Kier alpha value is -1.89. The average Bonchev–Trinajstić information content (AvgIpc) is 2.37. The van der Waals surface area contributed by atoms with Crippen molar-refractivity contribution in [2.45, 2.75) is 38.3 Å². The smallest absolute Gasteiger partial charge is 0.311 e. The van der Waals surface area contributed by atoms with E-state index in [4.69, 9.17) is 9.47 Å². The van der Waals surface area contributed by atoms with E-state index in [2.05, 4.69) is 10.3 Å². The van der Waals surface area contributed by atoms with Gasteiger partial charge in [-0.15, -0.1) is 0 Å². The number of aromatic nitrogens is 1. The van der Waals surface area contributed by atoms with Gasteiger partial charge in [0.05, 0.1) is 17.6 Å². The van der Waals surface area contributed by atoms with E-state index in [1.807, 2.05) is 13.8 Å². The lowest BCUT2D eigenvalue weighted by Crippen LogP contribution is -2.40. The zero-order valence-electron chi connectivity index (χ0n) is 11.9. The van der Waals surface area contributed by atoms with Crippen molar-refractivity contribution in [3.63, 3.8) is 0 Å². The molecule has 20 heavy (non-hydrogen) atoms. The van der Waals surface area contributed by atoms with Gasteiger partial charge in [0.25, 0.3) is 0 Å². The Morgan fingerprint density at radius 1 is 1.55 bits per heavy atom. The van der Waals surface area contributed by atoms with Gasteiger partial charge in [-0.1, -0.05) is 0 Å². The van der Waals surface area contributed by atoms with Crippen LogP contribution >= 0.6 is 0 Å². The van der Waals surface area contributed by atoms with Crippen molar-refractivity contribution in [2.75, 3.05) is 19.0 Å². The minimum atomic E-state index is -0.445. The zero-order chi connectivity index (χ0) is 14.8. The van der Waals surface area contributed by atoms with Gasteiger partial charge in [-0.2, -0.15) is 4.98 Å². The van der Waals surface area contributed by atoms with E-state index >= 15 is 0 Å². The van der Waals surface area contributed by atoms with Gasteiger partial charge in [-0.3, -0.25) is 10.1 Å². The van der Waals surface area contributed by atoms with E-state index in [-0.39, 0.29) is 23.1 Å². The summed E-state index contributed by atoms with van der Waals surface area (Å²) in [5.74, 6) is 0.599. The molecule has 0 bridgehead atoms. The molecule has 0 radical (unpaired) electrons. The number of nitro groups is 1. The summed E-state index contributed by atoms with van der Waals surface area (Å²) < 4.78 is 10.7. The normalized spacial score (nSPS) is 21.2. The molecule has 7 heteroatoms. The van der Waals surface area contributed by atoms with Gasteiger partial charge >= 0.3 is 5.69 Å². The molecule has 1 fully saturated rings. The van der Waals surface area contributed by atoms with Gasteiger partial charge in [0, 0.05) is 24.8 Å². The molecule has 0 aromatic carbocycles. The van der Waals surface area contributed by atoms with E-state index in [9.17, 15) is 10.1 Å². The Balaban J connectivity index is 2.20. The molecule has 1 aliphatic heterocycles. The van der Waals surface area contributed by atoms with E-state index in [1.165, 1.54) is 19.2 Å². The third-order valence-electron chi connectivity index (χ3n) is 3.29. The SMILES string of the molecule is COc1ccc([N+](=O)[O-])c(NC2CCOC(C)(C)C2)n1. The lowest BCUT2D eigenvalue weighted by molar-refractivity contribution is -0.384. The van der Waals surface area contributed by atoms with Crippen molar-refractivity contribution in [1.29, 1.82) is 0 Å². The van der Waals surface area contributed by atoms with Crippen LogP contribution in [0.1, 0.15) is 26.7 Å². The summed E-state index contributed by atoms with van der Waals surface area (Å²) in [6.45, 7) is 4.64. The molecule has 1 aromatic rings. The highest BCUT2D eigenvalue weighted by Crippen LogP contribution is 2.30. The molecule has 1 atom stereocenters. The molecule has 2 rings (SSSR count). The predicted molar refractivity (Wildman–Crippen MR) is 74.1 cm³/mol. The fourth-order valence-electron chi connectivity index (χ4n) is 2.35. The Bertz CT molecular complexity index is 504. The van der Waals surface area contributed by atoms with Crippen molar-refractivity contribution in [3.05, 3.63) is 22.2 Å². The van der Waals surface area contributed by atoms with E-state index in [0.29, 0.717) is 12.5 Å². The minimum absolute atomic E-state index is 0.0462. The Labute approximate surface area is 117 Å². The van der Waals surface area contributed by atoms with Crippen LogP contribution < -0.4 is 10.1 Å². The number of nitrogens with one attached hydrogen (secondary N) is 1.